The van der Waals surface area contributed by atoms with Gasteiger partial charge in [0.1, 0.15) is 10.9 Å². The van der Waals surface area contributed by atoms with Crippen molar-refractivity contribution in [1.82, 2.24) is 4.90 Å². The lowest BCUT2D eigenvalue weighted by atomic mass is 10.2. The molecule has 1 heterocycles. The second-order valence-corrected chi connectivity index (χ2v) is 5.77. The number of benzene rings is 1. The Kier molecular flexibility index (Phi) is 4.49. The Morgan fingerprint density at radius 2 is 2.24 bits per heavy atom. The maximum atomic E-state index is 12.1. The van der Waals surface area contributed by atoms with Gasteiger partial charge in [0, 0.05) is 0 Å². The molecule has 0 aromatic heterocycles. The van der Waals surface area contributed by atoms with E-state index in [0.29, 0.717) is 16.2 Å². The van der Waals surface area contributed by atoms with E-state index in [0.717, 1.165) is 16.7 Å². The van der Waals surface area contributed by atoms with Gasteiger partial charge in [-0.05, 0) is 23.8 Å². The lowest BCUT2D eigenvalue weighted by Gasteiger charge is -2.10. The van der Waals surface area contributed by atoms with Gasteiger partial charge in [-0.2, -0.15) is 0 Å². The standard InChI is InChI=1S/C13H11NO5S2/c1-19-9-3-2-7(4-8(9)15)5-10-12(18)14(6-11(16)17)13(20)21-10/h2-5,15H,6H2,1H3,(H,16,17)/b10-5+. The Balaban J connectivity index is 2.26. The molecule has 1 fully saturated rings. The van der Waals surface area contributed by atoms with E-state index in [-0.39, 0.29) is 10.1 Å². The lowest BCUT2D eigenvalue weighted by molar-refractivity contribution is -0.140. The molecule has 1 aromatic carbocycles. The zero-order valence-electron chi connectivity index (χ0n) is 10.9. The zero-order valence-corrected chi connectivity index (χ0v) is 12.5. The third kappa shape index (κ3) is 3.34. The molecule has 8 heteroatoms. The van der Waals surface area contributed by atoms with E-state index < -0.39 is 18.4 Å². The number of hydrogen-bond acceptors (Lipinski definition) is 6. The van der Waals surface area contributed by atoms with E-state index >= 15 is 0 Å². The second kappa shape index (κ2) is 6.15. The van der Waals surface area contributed by atoms with Crippen LogP contribution in [0.1, 0.15) is 5.56 Å². The molecule has 1 aliphatic heterocycles. The van der Waals surface area contributed by atoms with Gasteiger partial charge in [0.25, 0.3) is 5.91 Å². The fourth-order valence-electron chi connectivity index (χ4n) is 1.72. The molecule has 0 aliphatic carbocycles. The predicted octanol–water partition coefficient (Wildman–Crippen LogP) is 1.69. The van der Waals surface area contributed by atoms with Crippen LogP contribution in [0.25, 0.3) is 6.08 Å². The number of carbonyl (C=O) groups is 2. The molecular formula is C13H11NO5S2. The second-order valence-electron chi connectivity index (χ2n) is 4.09. The molecule has 1 saturated heterocycles. The van der Waals surface area contributed by atoms with Crippen molar-refractivity contribution < 1.29 is 24.5 Å². The summed E-state index contributed by atoms with van der Waals surface area (Å²) < 4.78 is 5.13. The third-order valence-electron chi connectivity index (χ3n) is 2.67. The van der Waals surface area contributed by atoms with Gasteiger partial charge in [-0.15, -0.1) is 0 Å². The minimum absolute atomic E-state index is 0.0488. The Bertz CT molecular complexity index is 656. The van der Waals surface area contributed by atoms with Crippen LogP contribution >= 0.6 is 24.0 Å². The highest BCUT2D eigenvalue weighted by atomic mass is 32.2. The summed E-state index contributed by atoms with van der Waals surface area (Å²) in [7, 11) is 1.44. The average Bonchev–Trinajstić information content (AvgIpc) is 2.66. The van der Waals surface area contributed by atoms with Crippen molar-refractivity contribution in [3.63, 3.8) is 0 Å². The van der Waals surface area contributed by atoms with Crippen LogP contribution in [-0.4, -0.2) is 45.0 Å². The fourth-order valence-corrected chi connectivity index (χ4v) is 2.97. The maximum absolute atomic E-state index is 12.1. The van der Waals surface area contributed by atoms with E-state index in [9.17, 15) is 14.7 Å². The van der Waals surface area contributed by atoms with Gasteiger partial charge in [-0.3, -0.25) is 14.5 Å². The first-order chi connectivity index (χ1) is 9.92. The van der Waals surface area contributed by atoms with Gasteiger partial charge >= 0.3 is 5.97 Å². The van der Waals surface area contributed by atoms with Gasteiger partial charge in [0.15, 0.2) is 11.5 Å². The summed E-state index contributed by atoms with van der Waals surface area (Å²) in [5.41, 5.74) is 0.587. The number of aromatic hydroxyl groups is 1. The minimum Gasteiger partial charge on any atom is -0.504 e. The first-order valence-electron chi connectivity index (χ1n) is 5.76. The Morgan fingerprint density at radius 3 is 2.81 bits per heavy atom. The number of hydrogen-bond donors (Lipinski definition) is 2. The Hall–Kier alpha value is -2.06. The van der Waals surface area contributed by atoms with Crippen LogP contribution < -0.4 is 4.74 Å². The number of phenolic OH excluding ortho intramolecular Hbond substituents is 1. The Labute approximate surface area is 130 Å². The molecule has 110 valence electrons. The molecule has 1 aromatic rings. The molecule has 0 unspecified atom stereocenters. The van der Waals surface area contributed by atoms with Crippen molar-refractivity contribution in [1.29, 1.82) is 0 Å². The Morgan fingerprint density at radius 1 is 1.52 bits per heavy atom. The molecule has 0 radical (unpaired) electrons. The molecular weight excluding hydrogens is 314 g/mol. The monoisotopic (exact) mass is 325 g/mol. The van der Waals surface area contributed by atoms with Crippen molar-refractivity contribution in [2.75, 3.05) is 13.7 Å². The van der Waals surface area contributed by atoms with Crippen molar-refractivity contribution in [2.24, 2.45) is 0 Å². The number of phenols is 1. The van der Waals surface area contributed by atoms with Crippen molar-refractivity contribution >= 4 is 46.3 Å². The third-order valence-corrected chi connectivity index (χ3v) is 4.05. The molecule has 0 saturated carbocycles. The summed E-state index contributed by atoms with van der Waals surface area (Å²) in [6.45, 7) is -0.462. The van der Waals surface area contributed by atoms with Crippen molar-refractivity contribution in [3.05, 3.63) is 28.7 Å². The number of rotatable bonds is 4. The number of aliphatic carboxylic acids is 1. The van der Waals surface area contributed by atoms with Crippen molar-refractivity contribution in [2.45, 2.75) is 0 Å². The highest BCUT2D eigenvalue weighted by Gasteiger charge is 2.33. The summed E-state index contributed by atoms with van der Waals surface area (Å²) in [4.78, 5) is 24.1. The maximum Gasteiger partial charge on any atom is 0.323 e. The van der Waals surface area contributed by atoms with Gasteiger partial charge in [-0.25, -0.2) is 0 Å². The summed E-state index contributed by atoms with van der Waals surface area (Å²) in [5.74, 6) is -1.31. The molecule has 1 aliphatic rings. The topological polar surface area (TPSA) is 87.1 Å². The SMILES string of the molecule is COc1ccc(/C=C2/SC(=S)N(CC(=O)O)C2=O)cc1O. The largest absolute Gasteiger partial charge is 0.504 e. The fraction of sp³-hybridized carbons (Fsp3) is 0.154. The van der Waals surface area contributed by atoms with E-state index in [1.807, 2.05) is 0 Å². The number of carboxylic acid groups (broad SMARTS) is 1. The van der Waals surface area contributed by atoms with Gasteiger partial charge in [0.05, 0.1) is 12.0 Å². The number of ether oxygens (including phenoxy) is 1. The molecule has 21 heavy (non-hydrogen) atoms. The number of nitrogens with zero attached hydrogens (tertiary/aromatic N) is 1. The molecule has 0 atom stereocenters. The zero-order chi connectivity index (χ0) is 15.6. The molecule has 2 N–H and O–H groups in total. The van der Waals surface area contributed by atoms with Gasteiger partial charge < -0.3 is 14.9 Å². The summed E-state index contributed by atoms with van der Waals surface area (Å²) in [5, 5.41) is 18.4. The van der Waals surface area contributed by atoms with Crippen molar-refractivity contribution in [3.8, 4) is 11.5 Å². The van der Waals surface area contributed by atoms with E-state index in [4.69, 9.17) is 22.1 Å². The van der Waals surface area contributed by atoms with Crippen LogP contribution in [-0.2, 0) is 9.59 Å². The molecule has 6 nitrogen and oxygen atoms in total. The van der Waals surface area contributed by atoms with Gasteiger partial charge in [0.2, 0.25) is 0 Å². The minimum atomic E-state index is -1.13. The van der Waals surface area contributed by atoms with Crippen LogP contribution in [0.2, 0.25) is 0 Å². The van der Waals surface area contributed by atoms with Crippen LogP contribution in [0.4, 0.5) is 0 Å². The number of carbonyl (C=O) groups excluding carboxylic acids is 1. The normalized spacial score (nSPS) is 16.6. The average molecular weight is 325 g/mol. The van der Waals surface area contributed by atoms with Crippen LogP contribution in [0.3, 0.4) is 0 Å². The summed E-state index contributed by atoms with van der Waals surface area (Å²) in [6.07, 6.45) is 1.54. The highest BCUT2D eigenvalue weighted by Crippen LogP contribution is 2.34. The molecule has 0 spiro atoms. The van der Waals surface area contributed by atoms with Crippen LogP contribution in [0, 0.1) is 0 Å². The van der Waals surface area contributed by atoms with Crippen LogP contribution in [0.15, 0.2) is 23.1 Å². The lowest BCUT2D eigenvalue weighted by Crippen LogP contribution is -2.33. The van der Waals surface area contributed by atoms with E-state index in [1.165, 1.54) is 13.2 Å². The smallest absolute Gasteiger partial charge is 0.323 e. The number of carboxylic acids is 1. The van der Waals surface area contributed by atoms with E-state index in [1.54, 1.807) is 18.2 Å². The molecule has 0 bridgehead atoms. The predicted molar refractivity (Wildman–Crippen MR) is 82.2 cm³/mol. The first kappa shape index (κ1) is 15.3. The number of methoxy groups -OCH3 is 1. The highest BCUT2D eigenvalue weighted by molar-refractivity contribution is 8.26. The first-order valence-corrected chi connectivity index (χ1v) is 6.99. The van der Waals surface area contributed by atoms with Crippen LogP contribution in [0.5, 0.6) is 11.5 Å². The molecule has 2 rings (SSSR count). The quantitative estimate of drug-likeness (QED) is 0.643. The summed E-state index contributed by atoms with van der Waals surface area (Å²) >= 11 is 6.02. The molecule has 1 amide bonds. The number of thioether (sulfide) groups is 1. The van der Waals surface area contributed by atoms with Gasteiger partial charge in [-0.1, -0.05) is 30.0 Å². The number of amides is 1. The summed E-state index contributed by atoms with van der Waals surface area (Å²) in [6, 6.07) is 4.68. The van der Waals surface area contributed by atoms with E-state index in [2.05, 4.69) is 0 Å². The number of thiocarbonyl (C=S) groups is 1.